The summed E-state index contributed by atoms with van der Waals surface area (Å²) in [6, 6.07) is 0.148. The van der Waals surface area contributed by atoms with Crippen molar-refractivity contribution >= 4 is 11.7 Å². The Balaban J connectivity index is 3.23. The van der Waals surface area contributed by atoms with E-state index < -0.39 is 0 Å². The number of ether oxygens (including phenoxy) is 1. The van der Waals surface area contributed by atoms with Crippen LogP contribution in [-0.4, -0.2) is 47.6 Å². The molecule has 0 saturated heterocycles. The van der Waals surface area contributed by atoms with Crippen LogP contribution in [-0.2, 0) is 11.8 Å². The van der Waals surface area contributed by atoms with Crippen LogP contribution in [0, 0.1) is 6.92 Å². The number of anilines is 1. The molecule has 1 heterocycles. The van der Waals surface area contributed by atoms with E-state index in [-0.39, 0.29) is 11.9 Å². The lowest BCUT2D eigenvalue weighted by atomic mass is 10.2. The predicted molar refractivity (Wildman–Crippen MR) is 70.2 cm³/mol. The highest BCUT2D eigenvalue weighted by molar-refractivity contribution is 6.02. The summed E-state index contributed by atoms with van der Waals surface area (Å²) < 4.78 is 6.85. The number of amidine groups is 1. The number of oxime groups is 1. The van der Waals surface area contributed by atoms with Gasteiger partial charge < -0.3 is 20.6 Å². The van der Waals surface area contributed by atoms with Gasteiger partial charge in [-0.3, -0.25) is 4.68 Å². The molecule has 18 heavy (non-hydrogen) atoms. The fourth-order valence-corrected chi connectivity index (χ4v) is 1.96. The monoisotopic (exact) mass is 255 g/mol. The van der Waals surface area contributed by atoms with E-state index in [1.807, 2.05) is 32.8 Å². The molecule has 7 heteroatoms. The van der Waals surface area contributed by atoms with E-state index in [4.69, 9.17) is 15.7 Å². The number of likely N-dealkylation sites (N-methyl/N-ethyl adjacent to an activating group) is 1. The van der Waals surface area contributed by atoms with E-state index in [2.05, 4.69) is 10.3 Å². The maximum atomic E-state index is 8.85. The molecular weight excluding hydrogens is 234 g/mol. The molecule has 0 aliphatic carbocycles. The first-order valence-corrected chi connectivity index (χ1v) is 5.67. The van der Waals surface area contributed by atoms with E-state index in [0.717, 1.165) is 11.5 Å². The second kappa shape index (κ2) is 5.72. The zero-order chi connectivity index (χ0) is 13.9. The average Bonchev–Trinajstić information content (AvgIpc) is 2.62. The third kappa shape index (κ3) is 2.56. The molecule has 0 amide bonds. The lowest BCUT2D eigenvalue weighted by Gasteiger charge is -2.27. The van der Waals surface area contributed by atoms with Crippen molar-refractivity contribution in [3.63, 3.8) is 0 Å². The molecule has 0 aliphatic heterocycles. The van der Waals surface area contributed by atoms with Crippen LogP contribution >= 0.6 is 0 Å². The molecule has 3 N–H and O–H groups in total. The van der Waals surface area contributed by atoms with Crippen molar-refractivity contribution in [1.29, 1.82) is 0 Å². The lowest BCUT2D eigenvalue weighted by molar-refractivity contribution is 0.183. The molecule has 1 atom stereocenters. The molecule has 0 aromatic carbocycles. The zero-order valence-electron chi connectivity index (χ0n) is 11.5. The quantitative estimate of drug-likeness (QED) is 0.342. The summed E-state index contributed by atoms with van der Waals surface area (Å²) in [5.74, 6) is 0.861. The number of hydrogen-bond acceptors (Lipinski definition) is 5. The number of nitrogens with zero attached hydrogens (tertiary/aromatic N) is 4. The molecule has 1 aromatic heterocycles. The van der Waals surface area contributed by atoms with E-state index >= 15 is 0 Å². The first-order valence-electron chi connectivity index (χ1n) is 5.67. The fourth-order valence-electron chi connectivity index (χ4n) is 1.96. The molecule has 0 fully saturated rings. The van der Waals surface area contributed by atoms with Crippen LogP contribution in [0.2, 0.25) is 0 Å². The summed E-state index contributed by atoms with van der Waals surface area (Å²) >= 11 is 0. The second-order valence-electron chi connectivity index (χ2n) is 4.31. The largest absolute Gasteiger partial charge is 0.409 e. The number of aryl methyl sites for hydroxylation is 2. The first kappa shape index (κ1) is 14.3. The normalized spacial score (nSPS) is 13.7. The van der Waals surface area contributed by atoms with Crippen LogP contribution < -0.4 is 10.6 Å². The molecule has 102 valence electrons. The van der Waals surface area contributed by atoms with Gasteiger partial charge in [0.05, 0.1) is 23.9 Å². The summed E-state index contributed by atoms with van der Waals surface area (Å²) in [6.45, 7) is 4.43. The van der Waals surface area contributed by atoms with Crippen molar-refractivity contribution in [1.82, 2.24) is 9.78 Å². The Hall–Kier alpha value is -1.76. The van der Waals surface area contributed by atoms with Crippen LogP contribution in [0.5, 0.6) is 0 Å². The Morgan fingerprint density at radius 2 is 2.28 bits per heavy atom. The van der Waals surface area contributed by atoms with Crippen molar-refractivity contribution < 1.29 is 9.94 Å². The predicted octanol–water partition coefficient (Wildman–Crippen LogP) is 0.294. The van der Waals surface area contributed by atoms with Crippen molar-refractivity contribution in [2.45, 2.75) is 19.9 Å². The van der Waals surface area contributed by atoms with Gasteiger partial charge in [0, 0.05) is 21.2 Å². The van der Waals surface area contributed by atoms with Gasteiger partial charge >= 0.3 is 0 Å². The summed E-state index contributed by atoms with van der Waals surface area (Å²) in [5, 5.41) is 16.2. The molecule has 7 nitrogen and oxygen atoms in total. The third-order valence-electron chi connectivity index (χ3n) is 2.96. The van der Waals surface area contributed by atoms with Crippen LogP contribution in [0.4, 0.5) is 5.82 Å². The minimum absolute atomic E-state index is 0.0621. The van der Waals surface area contributed by atoms with E-state index in [9.17, 15) is 0 Å². The highest BCUT2D eigenvalue weighted by Gasteiger charge is 2.23. The Labute approximate surface area is 107 Å². The number of hydrogen-bond donors (Lipinski definition) is 2. The van der Waals surface area contributed by atoms with Crippen LogP contribution in [0.15, 0.2) is 5.16 Å². The van der Waals surface area contributed by atoms with Crippen molar-refractivity contribution in [3.05, 3.63) is 11.3 Å². The summed E-state index contributed by atoms with van der Waals surface area (Å²) in [7, 11) is 5.41. The van der Waals surface area contributed by atoms with Gasteiger partial charge in [-0.15, -0.1) is 0 Å². The minimum Gasteiger partial charge on any atom is -0.409 e. The smallest absolute Gasteiger partial charge is 0.175 e. The van der Waals surface area contributed by atoms with Gasteiger partial charge in [0.1, 0.15) is 5.82 Å². The molecule has 0 spiro atoms. The second-order valence-corrected chi connectivity index (χ2v) is 4.31. The number of rotatable bonds is 5. The highest BCUT2D eigenvalue weighted by atomic mass is 16.5. The maximum Gasteiger partial charge on any atom is 0.175 e. The number of nitrogens with two attached hydrogens (primary N) is 1. The molecule has 1 unspecified atom stereocenters. The standard InChI is InChI=1S/C11H21N5O2/c1-7(6-18-5)15(3)11-9(10(12)14-17)8(2)13-16(11)4/h7,17H,6H2,1-5H3,(H2,12,14). The van der Waals surface area contributed by atoms with Gasteiger partial charge in [0.15, 0.2) is 5.84 Å². The Morgan fingerprint density at radius 1 is 1.67 bits per heavy atom. The zero-order valence-corrected chi connectivity index (χ0v) is 11.5. The SMILES string of the molecule is COCC(C)N(C)c1c(C(N)=NO)c(C)nn1C. The van der Waals surface area contributed by atoms with Crippen molar-refractivity contribution in [3.8, 4) is 0 Å². The first-order chi connectivity index (χ1) is 8.43. The van der Waals surface area contributed by atoms with Gasteiger partial charge in [-0.05, 0) is 13.8 Å². The molecular formula is C11H21N5O2. The highest BCUT2D eigenvalue weighted by Crippen LogP contribution is 2.23. The van der Waals surface area contributed by atoms with Gasteiger partial charge in [0.2, 0.25) is 0 Å². The molecule has 0 saturated carbocycles. The van der Waals surface area contributed by atoms with Gasteiger partial charge in [-0.25, -0.2) is 0 Å². The molecule has 1 aromatic rings. The maximum absolute atomic E-state index is 8.85. The molecule has 1 rings (SSSR count). The molecule has 0 bridgehead atoms. The lowest BCUT2D eigenvalue weighted by Crippen LogP contribution is -2.35. The topological polar surface area (TPSA) is 88.9 Å². The number of aromatic nitrogens is 2. The Kier molecular flexibility index (Phi) is 4.55. The van der Waals surface area contributed by atoms with E-state index in [1.54, 1.807) is 11.8 Å². The van der Waals surface area contributed by atoms with E-state index in [0.29, 0.717) is 12.2 Å². The minimum atomic E-state index is 0.0621. The average molecular weight is 255 g/mol. The van der Waals surface area contributed by atoms with E-state index in [1.165, 1.54) is 0 Å². The summed E-state index contributed by atoms with van der Waals surface area (Å²) in [6.07, 6.45) is 0. The summed E-state index contributed by atoms with van der Waals surface area (Å²) in [5.41, 5.74) is 7.08. The van der Waals surface area contributed by atoms with Crippen LogP contribution in [0.25, 0.3) is 0 Å². The molecule has 0 aliphatic rings. The number of methoxy groups -OCH3 is 1. The molecule has 0 radical (unpaired) electrons. The van der Waals surface area contributed by atoms with Crippen LogP contribution in [0.1, 0.15) is 18.2 Å². The Morgan fingerprint density at radius 3 is 2.78 bits per heavy atom. The van der Waals surface area contributed by atoms with Crippen molar-refractivity contribution in [2.75, 3.05) is 25.7 Å². The summed E-state index contributed by atoms with van der Waals surface area (Å²) in [4.78, 5) is 2.00. The Bertz CT molecular complexity index is 441. The van der Waals surface area contributed by atoms with Gasteiger partial charge in [-0.1, -0.05) is 5.16 Å². The van der Waals surface area contributed by atoms with Crippen molar-refractivity contribution in [2.24, 2.45) is 17.9 Å². The van der Waals surface area contributed by atoms with Gasteiger partial charge in [-0.2, -0.15) is 5.10 Å². The van der Waals surface area contributed by atoms with Crippen LogP contribution in [0.3, 0.4) is 0 Å². The third-order valence-corrected chi connectivity index (χ3v) is 2.96. The van der Waals surface area contributed by atoms with Gasteiger partial charge in [0.25, 0.3) is 0 Å². The fraction of sp³-hybridized carbons (Fsp3) is 0.636.